The number of aromatic nitrogens is 2. The maximum absolute atomic E-state index is 5.04. The number of hydrogen-bond acceptors (Lipinski definition) is 2. The number of imidazole rings is 1. The van der Waals surface area contributed by atoms with Crippen LogP contribution in [0.5, 0.6) is 0 Å². The van der Waals surface area contributed by atoms with Crippen LogP contribution < -0.4 is 0 Å². The van der Waals surface area contributed by atoms with Gasteiger partial charge >= 0.3 is 0 Å². The second-order valence-electron chi connectivity index (χ2n) is 1.40. The average Bonchev–Trinajstić information content (AvgIpc) is 2.34. The molecule has 0 saturated carbocycles. The molecule has 0 atom stereocenters. The van der Waals surface area contributed by atoms with Crippen molar-refractivity contribution in [3.63, 3.8) is 0 Å². The molecule has 0 saturated heterocycles. The summed E-state index contributed by atoms with van der Waals surface area (Å²) in [6, 6.07) is 0. The first-order valence-electron chi connectivity index (χ1n) is 2.48. The highest BCUT2D eigenvalue weighted by atomic mass is 32.2. The summed E-state index contributed by atoms with van der Waals surface area (Å²) in [5, 5.41) is 0. The van der Waals surface area contributed by atoms with Crippen LogP contribution in [0.25, 0.3) is 0 Å². The Bertz CT molecular complexity index is 197. The molecule has 1 aromatic heterocycles. The largest absolute Gasteiger partial charge is 0.279 e. The molecule has 0 aliphatic carbocycles. The van der Waals surface area contributed by atoms with Crippen LogP contribution in [-0.2, 0) is 0 Å². The molecule has 1 aromatic rings. The van der Waals surface area contributed by atoms with Gasteiger partial charge in [0.05, 0.1) is 5.75 Å². The summed E-state index contributed by atoms with van der Waals surface area (Å²) >= 11 is 1.55. The van der Waals surface area contributed by atoms with E-state index < -0.39 is 0 Å². The Morgan fingerprint density at radius 1 is 1.78 bits per heavy atom. The van der Waals surface area contributed by atoms with Gasteiger partial charge in [0.2, 0.25) is 0 Å². The van der Waals surface area contributed by atoms with E-state index in [1.165, 1.54) is 0 Å². The molecule has 0 unspecified atom stereocenters. The van der Waals surface area contributed by atoms with Crippen LogP contribution in [0.3, 0.4) is 0 Å². The molecule has 46 valence electrons. The smallest absolute Gasteiger partial charge is 0.105 e. The van der Waals surface area contributed by atoms with Crippen LogP contribution in [0.1, 0.15) is 0 Å². The maximum Gasteiger partial charge on any atom is 0.105 e. The molecule has 0 spiro atoms. The summed E-state index contributed by atoms with van der Waals surface area (Å²) < 4.78 is 1.87. The Kier molecular flexibility index (Phi) is 2.22. The van der Waals surface area contributed by atoms with Crippen molar-refractivity contribution < 1.29 is 0 Å². The summed E-state index contributed by atoms with van der Waals surface area (Å²) in [5.41, 5.74) is 0. The van der Waals surface area contributed by atoms with Crippen molar-refractivity contribution in [2.24, 2.45) is 0 Å². The molecule has 1 rings (SSSR count). The monoisotopic (exact) mass is 138 g/mol. The standard InChI is InChI=1S/C6H6N2S/c1-2-5-9-8-4-3-7-6-8/h1,3-4,6H,5H2. The van der Waals surface area contributed by atoms with Crippen molar-refractivity contribution in [1.82, 2.24) is 8.96 Å². The van der Waals surface area contributed by atoms with Crippen LogP contribution in [0, 0.1) is 12.3 Å². The first kappa shape index (κ1) is 6.24. The summed E-state index contributed by atoms with van der Waals surface area (Å²) in [5.74, 6) is 3.21. The quantitative estimate of drug-likeness (QED) is 0.568. The van der Waals surface area contributed by atoms with Gasteiger partial charge in [-0.3, -0.25) is 3.97 Å². The van der Waals surface area contributed by atoms with Crippen LogP contribution in [-0.4, -0.2) is 14.7 Å². The SMILES string of the molecule is C#CCSn1ccnc1. The molecule has 3 heteroatoms. The number of terminal acetylenes is 1. The van der Waals surface area contributed by atoms with Gasteiger partial charge in [0.1, 0.15) is 6.33 Å². The van der Waals surface area contributed by atoms with Crippen molar-refractivity contribution >= 4 is 11.9 Å². The lowest BCUT2D eigenvalue weighted by atomic mass is 10.8. The Morgan fingerprint density at radius 3 is 3.22 bits per heavy atom. The van der Waals surface area contributed by atoms with E-state index in [-0.39, 0.29) is 0 Å². The van der Waals surface area contributed by atoms with Crippen LogP contribution in [0.4, 0.5) is 0 Å². The molecule has 0 N–H and O–H groups in total. The van der Waals surface area contributed by atoms with E-state index in [0.29, 0.717) is 5.75 Å². The van der Waals surface area contributed by atoms with E-state index in [9.17, 15) is 0 Å². The van der Waals surface area contributed by atoms with E-state index in [1.807, 2.05) is 10.2 Å². The van der Waals surface area contributed by atoms with E-state index in [2.05, 4.69) is 10.9 Å². The Morgan fingerprint density at radius 2 is 2.67 bits per heavy atom. The highest BCUT2D eigenvalue weighted by Crippen LogP contribution is 2.01. The lowest BCUT2D eigenvalue weighted by Crippen LogP contribution is -1.81. The fourth-order valence-corrected chi connectivity index (χ4v) is 0.920. The second-order valence-corrected chi connectivity index (χ2v) is 2.37. The molecular weight excluding hydrogens is 132 g/mol. The van der Waals surface area contributed by atoms with E-state index in [4.69, 9.17) is 6.42 Å². The highest BCUT2D eigenvalue weighted by Gasteiger charge is 1.84. The van der Waals surface area contributed by atoms with Crippen molar-refractivity contribution in [1.29, 1.82) is 0 Å². The van der Waals surface area contributed by atoms with Crippen molar-refractivity contribution in [3.8, 4) is 12.3 Å². The summed E-state index contributed by atoms with van der Waals surface area (Å²) in [6.45, 7) is 0. The molecule has 0 amide bonds. The lowest BCUT2D eigenvalue weighted by Gasteiger charge is -1.91. The third-order valence-electron chi connectivity index (χ3n) is 0.777. The van der Waals surface area contributed by atoms with Gasteiger partial charge in [0.25, 0.3) is 0 Å². The van der Waals surface area contributed by atoms with Crippen LogP contribution in [0.2, 0.25) is 0 Å². The minimum absolute atomic E-state index is 0.691. The minimum atomic E-state index is 0.691. The number of hydrogen-bond donors (Lipinski definition) is 0. The molecule has 0 aromatic carbocycles. The molecule has 1 heterocycles. The van der Waals surface area contributed by atoms with Gasteiger partial charge in [-0.1, -0.05) is 5.92 Å². The van der Waals surface area contributed by atoms with Crippen molar-refractivity contribution in [3.05, 3.63) is 18.7 Å². The minimum Gasteiger partial charge on any atom is -0.279 e. The topological polar surface area (TPSA) is 17.8 Å². The second kappa shape index (κ2) is 3.21. The molecular formula is C6H6N2S. The zero-order valence-corrected chi connectivity index (χ0v) is 5.64. The molecule has 0 bridgehead atoms. The van der Waals surface area contributed by atoms with Gasteiger partial charge in [-0.05, 0) is 11.9 Å². The third-order valence-corrected chi connectivity index (χ3v) is 1.59. The number of rotatable bonds is 2. The lowest BCUT2D eigenvalue weighted by molar-refractivity contribution is 1.23. The molecule has 0 aliphatic heterocycles. The maximum atomic E-state index is 5.04. The fourth-order valence-electron chi connectivity index (χ4n) is 0.435. The van der Waals surface area contributed by atoms with Crippen molar-refractivity contribution in [2.45, 2.75) is 0 Å². The van der Waals surface area contributed by atoms with Gasteiger partial charge in [-0.15, -0.1) is 6.42 Å². The average molecular weight is 138 g/mol. The molecule has 2 nitrogen and oxygen atoms in total. The third kappa shape index (κ3) is 1.82. The Labute approximate surface area is 58.4 Å². The van der Waals surface area contributed by atoms with Gasteiger partial charge in [0.15, 0.2) is 0 Å². The van der Waals surface area contributed by atoms with Gasteiger partial charge in [0, 0.05) is 12.4 Å². The van der Waals surface area contributed by atoms with Gasteiger partial charge < -0.3 is 0 Å². The van der Waals surface area contributed by atoms with Crippen molar-refractivity contribution in [2.75, 3.05) is 5.75 Å². The summed E-state index contributed by atoms with van der Waals surface area (Å²) in [4.78, 5) is 3.85. The summed E-state index contributed by atoms with van der Waals surface area (Å²) in [6.07, 6.45) is 10.4. The summed E-state index contributed by atoms with van der Waals surface area (Å²) in [7, 11) is 0. The Balaban J connectivity index is 2.41. The highest BCUT2D eigenvalue weighted by molar-refractivity contribution is 7.98. The van der Waals surface area contributed by atoms with Gasteiger partial charge in [-0.2, -0.15) is 0 Å². The number of nitrogens with zero attached hydrogens (tertiary/aromatic N) is 2. The zero-order valence-electron chi connectivity index (χ0n) is 4.82. The first-order valence-corrected chi connectivity index (χ1v) is 3.42. The van der Waals surface area contributed by atoms with Crippen LogP contribution >= 0.6 is 11.9 Å². The van der Waals surface area contributed by atoms with E-state index in [0.717, 1.165) is 0 Å². The Hall–Kier alpha value is -0.880. The van der Waals surface area contributed by atoms with Crippen LogP contribution in [0.15, 0.2) is 18.7 Å². The first-order chi connectivity index (χ1) is 4.43. The normalized spacial score (nSPS) is 8.78. The molecule has 0 radical (unpaired) electrons. The fraction of sp³-hybridized carbons (Fsp3) is 0.167. The van der Waals surface area contributed by atoms with E-state index in [1.54, 1.807) is 24.5 Å². The van der Waals surface area contributed by atoms with Gasteiger partial charge in [-0.25, -0.2) is 4.98 Å². The van der Waals surface area contributed by atoms with E-state index >= 15 is 0 Å². The zero-order chi connectivity index (χ0) is 6.53. The predicted octanol–water partition coefficient (Wildman–Crippen LogP) is 1.01. The molecule has 9 heavy (non-hydrogen) atoms. The molecule has 0 aliphatic rings. The predicted molar refractivity (Wildman–Crippen MR) is 38.9 cm³/mol. The molecule has 0 fully saturated rings.